The standard InChI is InChI=1S/C15H20N4O/c1-3-5-11-6-4-7-12(10-11)15(17-16)13-8-9-14(20-2)19-18-13/h4,6-10,15,17H,3,5,16H2,1-2H3. The number of aryl methyl sites for hydroxylation is 1. The summed E-state index contributed by atoms with van der Waals surface area (Å²) >= 11 is 0. The Balaban J connectivity index is 2.28. The monoisotopic (exact) mass is 272 g/mol. The van der Waals surface area contributed by atoms with E-state index < -0.39 is 0 Å². The highest BCUT2D eigenvalue weighted by atomic mass is 16.5. The van der Waals surface area contributed by atoms with E-state index in [1.165, 1.54) is 5.56 Å². The van der Waals surface area contributed by atoms with Crippen LogP contribution < -0.4 is 16.0 Å². The second-order valence-electron chi connectivity index (χ2n) is 4.60. The molecule has 0 saturated carbocycles. The van der Waals surface area contributed by atoms with Gasteiger partial charge in [0, 0.05) is 6.07 Å². The Bertz CT molecular complexity index is 542. The zero-order valence-corrected chi connectivity index (χ0v) is 11.8. The van der Waals surface area contributed by atoms with Crippen LogP contribution in [0.25, 0.3) is 0 Å². The lowest BCUT2D eigenvalue weighted by Crippen LogP contribution is -2.29. The number of nitrogens with two attached hydrogens (primary N) is 1. The van der Waals surface area contributed by atoms with Crippen molar-refractivity contribution in [2.75, 3.05) is 7.11 Å². The maximum Gasteiger partial charge on any atom is 0.233 e. The van der Waals surface area contributed by atoms with E-state index in [-0.39, 0.29) is 6.04 Å². The summed E-state index contributed by atoms with van der Waals surface area (Å²) in [5.74, 6) is 6.17. The first-order chi connectivity index (χ1) is 9.78. The molecule has 1 atom stereocenters. The molecule has 20 heavy (non-hydrogen) atoms. The molecule has 0 aliphatic carbocycles. The van der Waals surface area contributed by atoms with Gasteiger partial charge in [0.15, 0.2) is 0 Å². The summed E-state index contributed by atoms with van der Waals surface area (Å²) in [5.41, 5.74) is 5.94. The first-order valence-electron chi connectivity index (χ1n) is 6.71. The minimum Gasteiger partial charge on any atom is -0.480 e. The second-order valence-corrected chi connectivity index (χ2v) is 4.60. The van der Waals surface area contributed by atoms with Crippen molar-refractivity contribution in [1.29, 1.82) is 0 Å². The Morgan fingerprint density at radius 1 is 1.25 bits per heavy atom. The van der Waals surface area contributed by atoms with Gasteiger partial charge in [-0.3, -0.25) is 5.84 Å². The molecule has 1 aromatic heterocycles. The van der Waals surface area contributed by atoms with Crippen molar-refractivity contribution < 1.29 is 4.74 Å². The van der Waals surface area contributed by atoms with E-state index >= 15 is 0 Å². The Morgan fingerprint density at radius 2 is 2.10 bits per heavy atom. The maximum absolute atomic E-state index is 5.68. The number of rotatable bonds is 6. The summed E-state index contributed by atoms with van der Waals surface area (Å²) < 4.78 is 5.01. The van der Waals surface area contributed by atoms with Crippen molar-refractivity contribution in [3.05, 3.63) is 53.2 Å². The van der Waals surface area contributed by atoms with Gasteiger partial charge < -0.3 is 4.74 Å². The number of hydrogen-bond donors (Lipinski definition) is 2. The zero-order chi connectivity index (χ0) is 14.4. The predicted octanol–water partition coefficient (Wildman–Crippen LogP) is 1.99. The molecule has 106 valence electrons. The molecule has 0 saturated heterocycles. The smallest absolute Gasteiger partial charge is 0.233 e. The van der Waals surface area contributed by atoms with Gasteiger partial charge in [0.1, 0.15) is 0 Å². The molecule has 0 amide bonds. The number of benzene rings is 1. The molecule has 1 aromatic carbocycles. The van der Waals surface area contributed by atoms with Gasteiger partial charge in [-0.05, 0) is 23.6 Å². The lowest BCUT2D eigenvalue weighted by atomic mass is 10.00. The number of nitrogens with one attached hydrogen (secondary N) is 1. The third kappa shape index (κ3) is 3.31. The average molecular weight is 272 g/mol. The summed E-state index contributed by atoms with van der Waals surface area (Å²) in [6.45, 7) is 2.17. The van der Waals surface area contributed by atoms with Gasteiger partial charge in [-0.15, -0.1) is 10.2 Å². The molecule has 2 aromatic rings. The fourth-order valence-electron chi connectivity index (χ4n) is 2.16. The van der Waals surface area contributed by atoms with Crippen LogP contribution in [-0.4, -0.2) is 17.3 Å². The lowest BCUT2D eigenvalue weighted by molar-refractivity contribution is 0.390. The van der Waals surface area contributed by atoms with Gasteiger partial charge in [-0.1, -0.05) is 37.6 Å². The molecule has 2 rings (SSSR count). The highest BCUT2D eigenvalue weighted by molar-refractivity contribution is 5.31. The zero-order valence-electron chi connectivity index (χ0n) is 11.8. The number of hydrazine groups is 1. The average Bonchev–Trinajstić information content (AvgIpc) is 2.49. The van der Waals surface area contributed by atoms with Gasteiger partial charge in [-0.2, -0.15) is 0 Å². The van der Waals surface area contributed by atoms with E-state index in [0.717, 1.165) is 24.1 Å². The number of hydrogen-bond acceptors (Lipinski definition) is 5. The highest BCUT2D eigenvalue weighted by Gasteiger charge is 2.15. The number of aromatic nitrogens is 2. The van der Waals surface area contributed by atoms with Crippen LogP contribution >= 0.6 is 0 Å². The molecular weight excluding hydrogens is 252 g/mol. The Morgan fingerprint density at radius 3 is 2.70 bits per heavy atom. The van der Waals surface area contributed by atoms with Gasteiger partial charge in [0.2, 0.25) is 5.88 Å². The van der Waals surface area contributed by atoms with Crippen LogP contribution in [-0.2, 0) is 6.42 Å². The third-order valence-electron chi connectivity index (χ3n) is 3.16. The van der Waals surface area contributed by atoms with Gasteiger partial charge >= 0.3 is 0 Å². The Kier molecular flexibility index (Phi) is 5.03. The topological polar surface area (TPSA) is 73.1 Å². The molecule has 5 heteroatoms. The van der Waals surface area contributed by atoms with E-state index in [2.05, 4.69) is 34.7 Å². The molecule has 5 nitrogen and oxygen atoms in total. The van der Waals surface area contributed by atoms with Crippen molar-refractivity contribution in [1.82, 2.24) is 15.6 Å². The molecule has 0 fully saturated rings. The van der Waals surface area contributed by atoms with Crippen LogP contribution in [0.1, 0.15) is 36.2 Å². The van der Waals surface area contributed by atoms with Crippen LogP contribution in [0.15, 0.2) is 36.4 Å². The quantitative estimate of drug-likeness (QED) is 0.621. The van der Waals surface area contributed by atoms with E-state index in [1.54, 1.807) is 13.2 Å². The van der Waals surface area contributed by atoms with Crippen LogP contribution in [0.4, 0.5) is 0 Å². The van der Waals surface area contributed by atoms with Crippen LogP contribution in [0, 0.1) is 0 Å². The summed E-state index contributed by atoms with van der Waals surface area (Å²) in [6.07, 6.45) is 2.17. The minimum atomic E-state index is -0.176. The molecule has 3 N–H and O–H groups in total. The largest absolute Gasteiger partial charge is 0.480 e. The number of methoxy groups -OCH3 is 1. The Hall–Kier alpha value is -1.98. The maximum atomic E-state index is 5.68. The Labute approximate surface area is 119 Å². The first-order valence-corrected chi connectivity index (χ1v) is 6.71. The van der Waals surface area contributed by atoms with E-state index in [0.29, 0.717) is 5.88 Å². The first kappa shape index (κ1) is 14.4. The van der Waals surface area contributed by atoms with Gasteiger partial charge in [0.05, 0.1) is 18.8 Å². The summed E-state index contributed by atoms with van der Waals surface area (Å²) in [7, 11) is 1.57. The number of ether oxygens (including phenoxy) is 1. The van der Waals surface area contributed by atoms with E-state index in [9.17, 15) is 0 Å². The molecule has 0 spiro atoms. The van der Waals surface area contributed by atoms with Gasteiger partial charge in [-0.25, -0.2) is 5.43 Å². The molecule has 1 heterocycles. The molecule has 0 aliphatic rings. The van der Waals surface area contributed by atoms with Crippen molar-refractivity contribution in [2.45, 2.75) is 25.8 Å². The van der Waals surface area contributed by atoms with Gasteiger partial charge in [0.25, 0.3) is 0 Å². The van der Waals surface area contributed by atoms with Crippen LogP contribution in [0.2, 0.25) is 0 Å². The summed E-state index contributed by atoms with van der Waals surface area (Å²) in [6, 6.07) is 11.8. The minimum absolute atomic E-state index is 0.176. The van der Waals surface area contributed by atoms with Crippen molar-refractivity contribution in [3.8, 4) is 5.88 Å². The summed E-state index contributed by atoms with van der Waals surface area (Å²) in [5, 5.41) is 8.14. The van der Waals surface area contributed by atoms with Crippen molar-refractivity contribution >= 4 is 0 Å². The third-order valence-corrected chi connectivity index (χ3v) is 3.16. The molecule has 0 radical (unpaired) electrons. The summed E-state index contributed by atoms with van der Waals surface area (Å²) in [4.78, 5) is 0. The van der Waals surface area contributed by atoms with Crippen molar-refractivity contribution in [2.24, 2.45) is 5.84 Å². The highest BCUT2D eigenvalue weighted by Crippen LogP contribution is 2.21. The predicted molar refractivity (Wildman–Crippen MR) is 78.2 cm³/mol. The molecule has 0 bridgehead atoms. The van der Waals surface area contributed by atoms with E-state index in [4.69, 9.17) is 10.6 Å². The fourth-order valence-corrected chi connectivity index (χ4v) is 2.16. The molecule has 0 aliphatic heterocycles. The second kappa shape index (κ2) is 6.98. The normalized spacial score (nSPS) is 12.2. The van der Waals surface area contributed by atoms with Crippen LogP contribution in [0.3, 0.4) is 0 Å². The lowest BCUT2D eigenvalue weighted by Gasteiger charge is -2.16. The van der Waals surface area contributed by atoms with Crippen molar-refractivity contribution in [3.63, 3.8) is 0 Å². The number of nitrogens with zero attached hydrogens (tertiary/aromatic N) is 2. The van der Waals surface area contributed by atoms with Crippen LogP contribution in [0.5, 0.6) is 5.88 Å². The SMILES string of the molecule is CCCc1cccc(C(NN)c2ccc(OC)nn2)c1. The van der Waals surface area contributed by atoms with E-state index in [1.807, 2.05) is 18.2 Å². The molecule has 1 unspecified atom stereocenters. The molecular formula is C15H20N4O. The fraction of sp³-hybridized carbons (Fsp3) is 0.333.